The first-order chi connectivity index (χ1) is 13.4. The van der Waals surface area contributed by atoms with Gasteiger partial charge in [0.25, 0.3) is 0 Å². The lowest BCUT2D eigenvalue weighted by molar-refractivity contribution is -0.0180. The van der Waals surface area contributed by atoms with Crippen LogP contribution in [0.15, 0.2) is 29.3 Å². The van der Waals surface area contributed by atoms with Crippen molar-refractivity contribution < 1.29 is 14.6 Å². The Labute approximate surface area is 196 Å². The molecule has 1 aliphatic rings. The van der Waals surface area contributed by atoms with Gasteiger partial charge in [-0.1, -0.05) is 23.7 Å². The van der Waals surface area contributed by atoms with Gasteiger partial charge in [-0.05, 0) is 32.9 Å². The number of β-amino-alcohol motifs (C(OH)–C–C–N with tert-alkyl or cyclic N) is 1. The minimum atomic E-state index is -0.903. The summed E-state index contributed by atoms with van der Waals surface area (Å²) in [5, 5.41) is 17.8. The van der Waals surface area contributed by atoms with Gasteiger partial charge in [0.1, 0.15) is 11.9 Å². The van der Waals surface area contributed by atoms with Crippen LogP contribution in [0.1, 0.15) is 20.8 Å². The zero-order valence-electron chi connectivity index (χ0n) is 17.5. The Balaban J connectivity index is 0.00000420. The predicted octanol–water partition coefficient (Wildman–Crippen LogP) is 2.36. The van der Waals surface area contributed by atoms with E-state index < -0.39 is 5.60 Å². The molecule has 0 amide bonds. The number of hydrogen-bond donors (Lipinski definition) is 3. The quantitative estimate of drug-likeness (QED) is 0.254. The van der Waals surface area contributed by atoms with Crippen LogP contribution in [-0.4, -0.2) is 80.2 Å². The van der Waals surface area contributed by atoms with E-state index in [1.54, 1.807) is 6.07 Å². The molecule has 0 saturated carbocycles. The minimum Gasteiger partial charge on any atom is -0.487 e. The topological polar surface area (TPSA) is 78.4 Å². The third-order valence-electron chi connectivity index (χ3n) is 4.31. The number of nitrogens with zero attached hydrogens (tertiary/aromatic N) is 2. The Bertz CT molecular complexity index is 627. The molecule has 9 heteroatoms. The molecule has 1 aliphatic heterocycles. The van der Waals surface area contributed by atoms with Gasteiger partial charge in [0.05, 0.1) is 36.9 Å². The van der Waals surface area contributed by atoms with Crippen molar-refractivity contribution in [3.05, 3.63) is 29.3 Å². The van der Waals surface area contributed by atoms with Crippen molar-refractivity contribution in [3.63, 3.8) is 0 Å². The summed E-state index contributed by atoms with van der Waals surface area (Å²) in [7, 11) is 0. The van der Waals surface area contributed by atoms with E-state index in [-0.39, 0.29) is 30.1 Å². The maximum absolute atomic E-state index is 10.7. The average molecular weight is 541 g/mol. The molecule has 0 aromatic heterocycles. The highest BCUT2D eigenvalue weighted by atomic mass is 127. The first-order valence-corrected chi connectivity index (χ1v) is 10.2. The van der Waals surface area contributed by atoms with Crippen LogP contribution in [0.25, 0.3) is 0 Å². The maximum Gasteiger partial charge on any atom is 0.191 e. The van der Waals surface area contributed by atoms with Crippen LogP contribution in [0, 0.1) is 0 Å². The maximum atomic E-state index is 10.7. The number of guanidine groups is 1. The third kappa shape index (κ3) is 10.2. The number of para-hydroxylation sites is 1. The SMILES string of the molecule is CCNC(=NCC(C)(O)CN1CCOCC1)NCC(C)Oc1ccccc1Cl.I. The Morgan fingerprint density at radius 3 is 2.69 bits per heavy atom. The van der Waals surface area contributed by atoms with Crippen LogP contribution >= 0.6 is 35.6 Å². The van der Waals surface area contributed by atoms with E-state index in [9.17, 15) is 5.11 Å². The van der Waals surface area contributed by atoms with E-state index in [2.05, 4.69) is 20.5 Å². The molecule has 1 aromatic carbocycles. The molecule has 1 saturated heterocycles. The van der Waals surface area contributed by atoms with Gasteiger partial charge in [0.2, 0.25) is 0 Å². The van der Waals surface area contributed by atoms with Gasteiger partial charge in [0.15, 0.2) is 5.96 Å². The van der Waals surface area contributed by atoms with Gasteiger partial charge in [-0.2, -0.15) is 0 Å². The molecule has 3 N–H and O–H groups in total. The highest BCUT2D eigenvalue weighted by Crippen LogP contribution is 2.24. The van der Waals surface area contributed by atoms with Gasteiger partial charge < -0.3 is 25.2 Å². The van der Waals surface area contributed by atoms with Gasteiger partial charge >= 0.3 is 0 Å². The predicted molar refractivity (Wildman–Crippen MR) is 129 cm³/mol. The first-order valence-electron chi connectivity index (χ1n) is 9.85. The fourth-order valence-electron chi connectivity index (χ4n) is 2.92. The number of morpholine rings is 1. The number of aliphatic hydroxyl groups is 1. The number of rotatable bonds is 9. The summed E-state index contributed by atoms with van der Waals surface area (Å²) in [4.78, 5) is 6.76. The van der Waals surface area contributed by atoms with Crippen LogP contribution in [0.4, 0.5) is 0 Å². The van der Waals surface area contributed by atoms with E-state index in [1.165, 1.54) is 0 Å². The molecule has 1 aromatic rings. The van der Waals surface area contributed by atoms with E-state index in [4.69, 9.17) is 21.1 Å². The zero-order chi connectivity index (χ0) is 20.4. The number of hydrogen-bond acceptors (Lipinski definition) is 5. The standard InChI is InChI=1S/C20H33ClN4O3.HI/c1-4-22-19(23-13-16(2)28-18-8-6-5-7-17(18)21)24-14-20(3,26)15-25-9-11-27-12-10-25;/h5-8,16,26H,4,9-15H2,1-3H3,(H2,22,23,24);1H. The fourth-order valence-corrected chi connectivity index (χ4v) is 3.10. The molecule has 29 heavy (non-hydrogen) atoms. The number of nitrogens with one attached hydrogen (secondary N) is 2. The summed E-state index contributed by atoms with van der Waals surface area (Å²) < 4.78 is 11.2. The van der Waals surface area contributed by atoms with Gasteiger partial charge in [-0.25, -0.2) is 0 Å². The van der Waals surface area contributed by atoms with E-state index >= 15 is 0 Å². The zero-order valence-corrected chi connectivity index (χ0v) is 20.6. The lowest BCUT2D eigenvalue weighted by atomic mass is 10.1. The summed E-state index contributed by atoms with van der Waals surface area (Å²) in [5.74, 6) is 1.31. The van der Waals surface area contributed by atoms with Crippen molar-refractivity contribution in [3.8, 4) is 5.75 Å². The van der Waals surface area contributed by atoms with Crippen molar-refractivity contribution in [1.29, 1.82) is 0 Å². The molecule has 2 rings (SSSR count). The summed E-state index contributed by atoms with van der Waals surface area (Å²) in [6, 6.07) is 7.42. The molecule has 7 nitrogen and oxygen atoms in total. The number of aliphatic imine (C=N–C) groups is 1. The lowest BCUT2D eigenvalue weighted by Crippen LogP contribution is -2.48. The fraction of sp³-hybridized carbons (Fsp3) is 0.650. The second-order valence-electron chi connectivity index (χ2n) is 7.32. The van der Waals surface area contributed by atoms with E-state index in [1.807, 2.05) is 39.0 Å². The average Bonchev–Trinajstić information content (AvgIpc) is 2.66. The molecular weight excluding hydrogens is 507 g/mol. The third-order valence-corrected chi connectivity index (χ3v) is 4.62. The molecule has 2 unspecified atom stereocenters. The monoisotopic (exact) mass is 540 g/mol. The number of ether oxygens (including phenoxy) is 2. The Morgan fingerprint density at radius 2 is 2.03 bits per heavy atom. The summed E-state index contributed by atoms with van der Waals surface area (Å²) in [5.41, 5.74) is -0.903. The summed E-state index contributed by atoms with van der Waals surface area (Å²) in [6.07, 6.45) is -0.0994. The molecular formula is C20H34ClIN4O3. The van der Waals surface area contributed by atoms with Crippen LogP contribution in [0.3, 0.4) is 0 Å². The van der Waals surface area contributed by atoms with Gasteiger partial charge in [-0.3, -0.25) is 9.89 Å². The summed E-state index contributed by atoms with van der Waals surface area (Å²) >= 11 is 6.14. The van der Waals surface area contributed by atoms with E-state index in [0.29, 0.717) is 49.6 Å². The Kier molecular flexibility index (Phi) is 12.2. The van der Waals surface area contributed by atoms with Crippen molar-refractivity contribution in [2.24, 2.45) is 4.99 Å². The van der Waals surface area contributed by atoms with Crippen LogP contribution in [0.5, 0.6) is 5.75 Å². The molecule has 1 fully saturated rings. The van der Waals surface area contributed by atoms with Crippen molar-refractivity contribution in [1.82, 2.24) is 15.5 Å². The largest absolute Gasteiger partial charge is 0.487 e. The van der Waals surface area contributed by atoms with Crippen molar-refractivity contribution >= 4 is 41.5 Å². The highest BCUT2D eigenvalue weighted by Gasteiger charge is 2.25. The molecule has 0 spiro atoms. The van der Waals surface area contributed by atoms with Crippen molar-refractivity contribution in [2.45, 2.75) is 32.5 Å². The normalized spacial score (nSPS) is 18.3. The van der Waals surface area contributed by atoms with Crippen LogP contribution < -0.4 is 15.4 Å². The second-order valence-corrected chi connectivity index (χ2v) is 7.73. The molecule has 166 valence electrons. The van der Waals surface area contributed by atoms with Gasteiger partial charge in [0, 0.05) is 26.2 Å². The Morgan fingerprint density at radius 1 is 1.34 bits per heavy atom. The Hall–Kier alpha value is -0.810. The van der Waals surface area contributed by atoms with Crippen LogP contribution in [-0.2, 0) is 4.74 Å². The number of benzene rings is 1. The van der Waals surface area contributed by atoms with Crippen LogP contribution in [0.2, 0.25) is 5.02 Å². The van der Waals surface area contributed by atoms with Gasteiger partial charge in [-0.15, -0.1) is 24.0 Å². The highest BCUT2D eigenvalue weighted by molar-refractivity contribution is 14.0. The molecule has 0 bridgehead atoms. The lowest BCUT2D eigenvalue weighted by Gasteiger charge is -2.33. The molecule has 0 aliphatic carbocycles. The smallest absolute Gasteiger partial charge is 0.191 e. The minimum absolute atomic E-state index is 0. The summed E-state index contributed by atoms with van der Waals surface area (Å²) in [6.45, 7) is 11.1. The first kappa shape index (κ1) is 26.2. The number of halogens is 2. The van der Waals surface area contributed by atoms with E-state index in [0.717, 1.165) is 19.6 Å². The second kappa shape index (κ2) is 13.5. The molecule has 0 radical (unpaired) electrons. The molecule has 1 heterocycles. The van der Waals surface area contributed by atoms with Crippen molar-refractivity contribution in [2.75, 3.05) is 52.5 Å². The molecule has 2 atom stereocenters.